The van der Waals surface area contributed by atoms with E-state index < -0.39 is 12.4 Å². The molecular formula is C19H24F3N5O2. The molecule has 1 N–H and O–H groups in total. The van der Waals surface area contributed by atoms with Crippen molar-refractivity contribution in [3.8, 4) is 5.75 Å². The van der Waals surface area contributed by atoms with Crippen LogP contribution in [0.25, 0.3) is 0 Å². The van der Waals surface area contributed by atoms with Crippen LogP contribution in [0.2, 0.25) is 0 Å². The van der Waals surface area contributed by atoms with Crippen molar-refractivity contribution >= 4 is 5.96 Å². The third-order valence-electron chi connectivity index (χ3n) is 4.66. The molecule has 158 valence electrons. The van der Waals surface area contributed by atoms with E-state index in [-0.39, 0.29) is 17.9 Å². The molecule has 0 aliphatic carbocycles. The smallest absolute Gasteiger partial charge is 0.387 e. The number of nitrogens with zero attached hydrogens (tertiary/aromatic N) is 4. The van der Waals surface area contributed by atoms with Gasteiger partial charge in [0.1, 0.15) is 17.3 Å². The van der Waals surface area contributed by atoms with Crippen molar-refractivity contribution in [2.45, 2.75) is 26.6 Å². The van der Waals surface area contributed by atoms with Crippen molar-refractivity contribution in [3.05, 3.63) is 47.1 Å². The van der Waals surface area contributed by atoms with Crippen LogP contribution in [-0.2, 0) is 13.1 Å². The van der Waals surface area contributed by atoms with Crippen LogP contribution in [-0.4, -0.2) is 60.8 Å². The van der Waals surface area contributed by atoms with Crippen molar-refractivity contribution in [1.82, 2.24) is 20.3 Å². The lowest BCUT2D eigenvalue weighted by Gasteiger charge is -2.36. The van der Waals surface area contributed by atoms with E-state index in [1.807, 2.05) is 17.9 Å². The summed E-state index contributed by atoms with van der Waals surface area (Å²) in [4.78, 5) is 8.53. The first-order valence-electron chi connectivity index (χ1n) is 9.28. The number of aliphatic imine (C=N–C) groups is 1. The highest BCUT2D eigenvalue weighted by Crippen LogP contribution is 2.23. The number of halogens is 3. The average molecular weight is 411 g/mol. The number of alkyl halides is 2. The van der Waals surface area contributed by atoms with Gasteiger partial charge in [-0.2, -0.15) is 8.78 Å². The molecule has 1 aliphatic heterocycles. The van der Waals surface area contributed by atoms with Crippen LogP contribution in [0.3, 0.4) is 0 Å². The minimum Gasteiger partial charge on any atom is -0.434 e. The largest absolute Gasteiger partial charge is 0.434 e. The minimum absolute atomic E-state index is 0.0141. The number of hydrogen-bond acceptors (Lipinski definition) is 5. The Morgan fingerprint density at radius 1 is 1.31 bits per heavy atom. The number of hydrogen-bond donors (Lipinski definition) is 1. The molecule has 0 bridgehead atoms. The van der Waals surface area contributed by atoms with E-state index in [0.717, 1.165) is 24.5 Å². The molecule has 2 heterocycles. The van der Waals surface area contributed by atoms with Crippen LogP contribution in [0, 0.1) is 12.7 Å². The molecule has 7 nitrogen and oxygen atoms in total. The van der Waals surface area contributed by atoms with Gasteiger partial charge in [-0.15, -0.1) is 0 Å². The molecule has 1 aromatic carbocycles. The number of guanidine groups is 1. The predicted octanol–water partition coefficient (Wildman–Crippen LogP) is 2.62. The lowest BCUT2D eigenvalue weighted by molar-refractivity contribution is -0.0506. The van der Waals surface area contributed by atoms with Gasteiger partial charge in [0.2, 0.25) is 0 Å². The number of nitrogens with one attached hydrogen (secondary N) is 1. The molecule has 0 amide bonds. The molecule has 1 aromatic heterocycles. The van der Waals surface area contributed by atoms with Crippen molar-refractivity contribution in [2.75, 3.05) is 33.2 Å². The fraction of sp³-hybridized carbons (Fsp3) is 0.474. The number of aromatic nitrogens is 1. The van der Waals surface area contributed by atoms with E-state index >= 15 is 0 Å². The third-order valence-corrected chi connectivity index (χ3v) is 4.66. The SMILES string of the molecule is CN=C(NCc1c(F)cccc1OC(F)F)N1CCN(Cc2cc(C)on2)CC1. The fourth-order valence-electron chi connectivity index (χ4n) is 3.26. The summed E-state index contributed by atoms with van der Waals surface area (Å²) in [6, 6.07) is 5.78. The van der Waals surface area contributed by atoms with Gasteiger partial charge in [0.05, 0.1) is 5.69 Å². The molecular weight excluding hydrogens is 387 g/mol. The second-order valence-corrected chi connectivity index (χ2v) is 6.69. The number of rotatable bonds is 6. The Morgan fingerprint density at radius 3 is 2.69 bits per heavy atom. The van der Waals surface area contributed by atoms with Gasteiger partial charge in [-0.25, -0.2) is 4.39 Å². The highest BCUT2D eigenvalue weighted by molar-refractivity contribution is 5.80. The first-order chi connectivity index (χ1) is 14.0. The number of aryl methyl sites for hydroxylation is 1. The van der Waals surface area contributed by atoms with Gasteiger partial charge in [0.15, 0.2) is 5.96 Å². The zero-order chi connectivity index (χ0) is 20.8. The highest BCUT2D eigenvalue weighted by Gasteiger charge is 2.21. The summed E-state index contributed by atoms with van der Waals surface area (Å²) in [5, 5.41) is 7.06. The summed E-state index contributed by atoms with van der Waals surface area (Å²) in [7, 11) is 1.63. The first kappa shape index (κ1) is 21.0. The van der Waals surface area contributed by atoms with E-state index in [9.17, 15) is 13.2 Å². The summed E-state index contributed by atoms with van der Waals surface area (Å²) < 4.78 is 48.8. The minimum atomic E-state index is -3.02. The van der Waals surface area contributed by atoms with E-state index in [4.69, 9.17) is 4.52 Å². The van der Waals surface area contributed by atoms with Gasteiger partial charge in [0.25, 0.3) is 0 Å². The molecule has 0 saturated carbocycles. The highest BCUT2D eigenvalue weighted by atomic mass is 19.3. The zero-order valence-electron chi connectivity index (χ0n) is 16.4. The standard InChI is InChI=1S/C19H24F3N5O2/c1-13-10-14(25-29-13)12-26-6-8-27(9-7-26)19(23-2)24-11-15-16(20)4-3-5-17(15)28-18(21)22/h3-5,10,18H,6-9,11-12H2,1-2H3,(H,23,24). The lowest BCUT2D eigenvalue weighted by atomic mass is 10.2. The molecule has 3 rings (SSSR count). The van der Waals surface area contributed by atoms with Crippen molar-refractivity contribution in [3.63, 3.8) is 0 Å². The number of benzene rings is 1. The summed E-state index contributed by atoms with van der Waals surface area (Å²) in [6.45, 7) is 2.56. The molecule has 0 radical (unpaired) electrons. The van der Waals surface area contributed by atoms with Crippen molar-refractivity contribution < 1.29 is 22.4 Å². The summed E-state index contributed by atoms with van der Waals surface area (Å²) >= 11 is 0. The Morgan fingerprint density at radius 2 is 2.07 bits per heavy atom. The zero-order valence-corrected chi connectivity index (χ0v) is 16.4. The van der Waals surface area contributed by atoms with Crippen LogP contribution in [0.5, 0.6) is 5.75 Å². The summed E-state index contributed by atoms with van der Waals surface area (Å²) in [5.74, 6) is 0.564. The van der Waals surface area contributed by atoms with Gasteiger partial charge in [-0.3, -0.25) is 9.89 Å². The fourth-order valence-corrected chi connectivity index (χ4v) is 3.26. The summed E-state index contributed by atoms with van der Waals surface area (Å²) in [6.07, 6.45) is 0. The Labute approximate surface area is 167 Å². The van der Waals surface area contributed by atoms with Gasteiger partial charge in [-0.05, 0) is 19.1 Å². The van der Waals surface area contributed by atoms with Gasteiger partial charge >= 0.3 is 6.61 Å². The Balaban J connectivity index is 1.55. The monoisotopic (exact) mass is 411 g/mol. The van der Waals surface area contributed by atoms with E-state index in [0.29, 0.717) is 25.6 Å². The van der Waals surface area contributed by atoms with Gasteiger partial charge < -0.3 is 19.5 Å². The van der Waals surface area contributed by atoms with E-state index in [2.05, 4.69) is 25.1 Å². The maximum Gasteiger partial charge on any atom is 0.387 e. The number of piperazine rings is 1. The van der Waals surface area contributed by atoms with Crippen LogP contribution in [0.1, 0.15) is 17.0 Å². The molecule has 1 fully saturated rings. The Kier molecular flexibility index (Phi) is 6.97. The third kappa shape index (κ3) is 5.63. The summed E-state index contributed by atoms with van der Waals surface area (Å²) in [5.41, 5.74) is 0.929. The predicted molar refractivity (Wildman–Crippen MR) is 101 cm³/mol. The first-order valence-corrected chi connectivity index (χ1v) is 9.28. The molecule has 10 heteroatoms. The topological polar surface area (TPSA) is 66.1 Å². The average Bonchev–Trinajstić information content (AvgIpc) is 3.09. The number of ether oxygens (including phenoxy) is 1. The Bertz CT molecular complexity index is 835. The molecule has 29 heavy (non-hydrogen) atoms. The quantitative estimate of drug-likeness (QED) is 0.582. The van der Waals surface area contributed by atoms with Crippen LogP contribution >= 0.6 is 0 Å². The molecule has 2 aromatic rings. The molecule has 0 atom stereocenters. The van der Waals surface area contributed by atoms with E-state index in [1.54, 1.807) is 7.05 Å². The van der Waals surface area contributed by atoms with Crippen molar-refractivity contribution in [1.29, 1.82) is 0 Å². The van der Waals surface area contributed by atoms with Gasteiger partial charge in [0, 0.05) is 57.9 Å². The Hall–Kier alpha value is -2.75. The normalized spacial score (nSPS) is 15.8. The molecule has 0 unspecified atom stereocenters. The lowest BCUT2D eigenvalue weighted by Crippen LogP contribution is -2.52. The van der Waals surface area contributed by atoms with Crippen LogP contribution in [0.4, 0.5) is 13.2 Å². The second kappa shape index (κ2) is 9.64. The van der Waals surface area contributed by atoms with E-state index in [1.165, 1.54) is 18.2 Å². The van der Waals surface area contributed by atoms with Crippen molar-refractivity contribution in [2.24, 2.45) is 4.99 Å². The van der Waals surface area contributed by atoms with Gasteiger partial charge in [-0.1, -0.05) is 11.2 Å². The molecule has 1 saturated heterocycles. The maximum atomic E-state index is 14.1. The molecule has 1 aliphatic rings. The second-order valence-electron chi connectivity index (χ2n) is 6.69. The van der Waals surface area contributed by atoms with Crippen LogP contribution < -0.4 is 10.1 Å². The van der Waals surface area contributed by atoms with Crippen LogP contribution in [0.15, 0.2) is 33.8 Å². The maximum absolute atomic E-state index is 14.1. The molecule has 0 spiro atoms.